The number of carbonyl (C=O) groups is 2. The van der Waals surface area contributed by atoms with Crippen molar-refractivity contribution in [2.75, 3.05) is 0 Å². The summed E-state index contributed by atoms with van der Waals surface area (Å²) >= 11 is 0. The van der Waals surface area contributed by atoms with E-state index in [1.54, 1.807) is 6.20 Å². The molecule has 0 saturated carbocycles. The van der Waals surface area contributed by atoms with E-state index in [-0.39, 0.29) is 11.8 Å². The molecule has 2 aromatic rings. The number of nitrogens with one attached hydrogen (secondary N) is 1. The fourth-order valence-corrected chi connectivity index (χ4v) is 2.13. The molecule has 0 unspecified atom stereocenters. The number of imide groups is 1. The number of benzene rings is 1. The molecule has 1 aliphatic rings. The molecule has 0 fully saturated rings. The summed E-state index contributed by atoms with van der Waals surface area (Å²) in [4.78, 5) is 27.3. The summed E-state index contributed by atoms with van der Waals surface area (Å²) in [6.45, 7) is 0. The molecule has 0 saturated heterocycles. The molecule has 18 heavy (non-hydrogen) atoms. The molecule has 1 aromatic carbocycles. The molecule has 2 heterocycles. The maximum Gasteiger partial charge on any atom is 0.260 e. The van der Waals surface area contributed by atoms with Crippen LogP contribution < -0.4 is 5.32 Å². The largest absolute Gasteiger partial charge is 0.288 e. The van der Waals surface area contributed by atoms with Gasteiger partial charge in [0.25, 0.3) is 11.8 Å². The Morgan fingerprint density at radius 2 is 1.78 bits per heavy atom. The quantitative estimate of drug-likeness (QED) is 0.808. The highest BCUT2D eigenvalue weighted by atomic mass is 16.2. The molecule has 0 aliphatic carbocycles. The molecule has 0 spiro atoms. The van der Waals surface area contributed by atoms with Crippen LogP contribution in [0.4, 0.5) is 0 Å². The fraction of sp³-hybridized carbons (Fsp3) is 0.0714. The highest BCUT2D eigenvalue weighted by Gasteiger charge is 2.29. The van der Waals surface area contributed by atoms with Crippen LogP contribution in [0.3, 0.4) is 0 Å². The van der Waals surface area contributed by atoms with Crippen LogP contribution in [-0.4, -0.2) is 16.8 Å². The second-order valence-corrected chi connectivity index (χ2v) is 4.17. The standard InChI is InChI=1S/C14H10N2O2/c17-13-11-8-15-7-10(12(11)14(18)16-13)6-9-4-2-1-3-5-9/h1-5,7-8H,6H2,(H,16,17,18). The number of pyridine rings is 1. The molecule has 1 aromatic heterocycles. The average Bonchev–Trinajstić information content (AvgIpc) is 2.67. The number of hydrogen-bond acceptors (Lipinski definition) is 3. The van der Waals surface area contributed by atoms with E-state index in [2.05, 4.69) is 10.3 Å². The van der Waals surface area contributed by atoms with Crippen LogP contribution in [0.15, 0.2) is 42.7 Å². The number of fused-ring (bicyclic) bond motifs is 1. The monoisotopic (exact) mass is 238 g/mol. The van der Waals surface area contributed by atoms with Crippen molar-refractivity contribution in [1.82, 2.24) is 10.3 Å². The summed E-state index contributed by atoms with van der Waals surface area (Å²) < 4.78 is 0. The van der Waals surface area contributed by atoms with E-state index >= 15 is 0 Å². The van der Waals surface area contributed by atoms with Gasteiger partial charge in [-0.25, -0.2) is 0 Å². The van der Waals surface area contributed by atoms with E-state index in [4.69, 9.17) is 0 Å². The van der Waals surface area contributed by atoms with Gasteiger partial charge in [0.15, 0.2) is 0 Å². The predicted molar refractivity (Wildman–Crippen MR) is 65.3 cm³/mol. The first-order valence-electron chi connectivity index (χ1n) is 5.62. The van der Waals surface area contributed by atoms with Gasteiger partial charge in [0, 0.05) is 12.4 Å². The Morgan fingerprint density at radius 3 is 2.56 bits per heavy atom. The van der Waals surface area contributed by atoms with Crippen molar-refractivity contribution in [2.45, 2.75) is 6.42 Å². The lowest BCUT2D eigenvalue weighted by Gasteiger charge is -2.05. The minimum Gasteiger partial charge on any atom is -0.288 e. The highest BCUT2D eigenvalue weighted by molar-refractivity contribution is 6.21. The minimum atomic E-state index is -0.364. The van der Waals surface area contributed by atoms with E-state index in [0.29, 0.717) is 17.5 Å². The van der Waals surface area contributed by atoms with Gasteiger partial charge in [-0.15, -0.1) is 0 Å². The molecule has 2 amide bonds. The number of rotatable bonds is 2. The first-order chi connectivity index (χ1) is 8.75. The first kappa shape index (κ1) is 10.7. The maximum absolute atomic E-state index is 11.7. The second-order valence-electron chi connectivity index (χ2n) is 4.17. The Labute approximate surface area is 104 Å². The molecule has 1 N–H and O–H groups in total. The molecular formula is C14H10N2O2. The van der Waals surface area contributed by atoms with Crippen LogP contribution in [-0.2, 0) is 6.42 Å². The summed E-state index contributed by atoms with van der Waals surface area (Å²) in [5, 5.41) is 2.29. The van der Waals surface area contributed by atoms with Crippen molar-refractivity contribution in [3.63, 3.8) is 0 Å². The third-order valence-electron chi connectivity index (χ3n) is 2.96. The molecule has 1 aliphatic heterocycles. The van der Waals surface area contributed by atoms with Crippen LogP contribution in [0.2, 0.25) is 0 Å². The second kappa shape index (κ2) is 4.07. The van der Waals surface area contributed by atoms with Gasteiger partial charge in [0.2, 0.25) is 0 Å². The van der Waals surface area contributed by atoms with E-state index in [1.807, 2.05) is 30.3 Å². The van der Waals surface area contributed by atoms with Crippen LogP contribution in [0.5, 0.6) is 0 Å². The Morgan fingerprint density at radius 1 is 1.00 bits per heavy atom. The van der Waals surface area contributed by atoms with Crippen molar-refractivity contribution < 1.29 is 9.59 Å². The molecule has 88 valence electrons. The van der Waals surface area contributed by atoms with Gasteiger partial charge in [-0.05, 0) is 17.5 Å². The zero-order valence-electron chi connectivity index (χ0n) is 9.51. The van der Waals surface area contributed by atoms with Crippen molar-refractivity contribution in [3.8, 4) is 0 Å². The number of amides is 2. The van der Waals surface area contributed by atoms with Gasteiger partial charge in [0.1, 0.15) is 0 Å². The molecule has 4 nitrogen and oxygen atoms in total. The number of hydrogen-bond donors (Lipinski definition) is 1. The molecule has 0 atom stereocenters. The Hall–Kier alpha value is -2.49. The normalized spacial score (nSPS) is 13.3. The van der Waals surface area contributed by atoms with Crippen molar-refractivity contribution in [2.24, 2.45) is 0 Å². The van der Waals surface area contributed by atoms with Gasteiger partial charge in [-0.3, -0.25) is 19.9 Å². The van der Waals surface area contributed by atoms with Crippen molar-refractivity contribution in [1.29, 1.82) is 0 Å². The van der Waals surface area contributed by atoms with E-state index in [0.717, 1.165) is 11.1 Å². The van der Waals surface area contributed by atoms with Gasteiger partial charge < -0.3 is 0 Å². The van der Waals surface area contributed by atoms with Crippen molar-refractivity contribution in [3.05, 3.63) is 65.0 Å². The number of aromatic nitrogens is 1. The summed E-state index contributed by atoms with van der Waals surface area (Å²) in [7, 11) is 0. The van der Waals surface area contributed by atoms with Crippen LogP contribution >= 0.6 is 0 Å². The Balaban J connectivity index is 2.05. The van der Waals surface area contributed by atoms with Crippen LogP contribution in [0, 0.1) is 0 Å². The molecule has 0 radical (unpaired) electrons. The number of carbonyl (C=O) groups excluding carboxylic acids is 2. The highest BCUT2D eigenvalue weighted by Crippen LogP contribution is 2.21. The average molecular weight is 238 g/mol. The fourth-order valence-electron chi connectivity index (χ4n) is 2.13. The molecule has 3 rings (SSSR count). The van der Waals surface area contributed by atoms with Gasteiger partial charge in [-0.1, -0.05) is 30.3 Å². The SMILES string of the molecule is O=C1NC(=O)c2c(Cc3ccccc3)cncc21. The smallest absolute Gasteiger partial charge is 0.260 e. The summed E-state index contributed by atoms with van der Waals surface area (Å²) in [5.74, 6) is -0.694. The zero-order chi connectivity index (χ0) is 12.5. The van der Waals surface area contributed by atoms with Gasteiger partial charge in [-0.2, -0.15) is 0 Å². The maximum atomic E-state index is 11.7. The van der Waals surface area contributed by atoms with E-state index < -0.39 is 0 Å². The summed E-state index contributed by atoms with van der Waals surface area (Å²) in [6.07, 6.45) is 3.67. The topological polar surface area (TPSA) is 59.1 Å². The third-order valence-corrected chi connectivity index (χ3v) is 2.96. The summed E-state index contributed by atoms with van der Waals surface area (Å²) in [6, 6.07) is 9.78. The first-order valence-corrected chi connectivity index (χ1v) is 5.62. The zero-order valence-corrected chi connectivity index (χ0v) is 9.51. The summed E-state index contributed by atoms with van der Waals surface area (Å²) in [5.41, 5.74) is 2.69. The lowest BCUT2D eigenvalue weighted by molar-refractivity contribution is 0.0879. The van der Waals surface area contributed by atoms with Crippen molar-refractivity contribution >= 4 is 11.8 Å². The van der Waals surface area contributed by atoms with E-state index in [1.165, 1.54) is 6.20 Å². The molecule has 0 bridgehead atoms. The molecule has 4 heteroatoms. The minimum absolute atomic E-state index is 0.330. The Bertz CT molecular complexity index is 635. The van der Waals surface area contributed by atoms with Gasteiger partial charge >= 0.3 is 0 Å². The lowest BCUT2D eigenvalue weighted by Crippen LogP contribution is -2.20. The van der Waals surface area contributed by atoms with Gasteiger partial charge in [0.05, 0.1) is 11.1 Å². The Kier molecular flexibility index (Phi) is 2.41. The van der Waals surface area contributed by atoms with Crippen LogP contribution in [0.25, 0.3) is 0 Å². The molecular weight excluding hydrogens is 228 g/mol. The number of nitrogens with zero attached hydrogens (tertiary/aromatic N) is 1. The van der Waals surface area contributed by atoms with E-state index in [9.17, 15) is 9.59 Å². The third kappa shape index (κ3) is 1.68. The predicted octanol–water partition coefficient (Wildman–Crippen LogP) is 1.56. The van der Waals surface area contributed by atoms with Crippen LogP contribution in [0.1, 0.15) is 31.8 Å². The lowest BCUT2D eigenvalue weighted by atomic mass is 10.00.